The SMILES string of the molecule is CC1(C)c2cc(-c3cccc(-c4ccc5c(c4)c4ccccc4n5-c4ccccc4)c3)c(N(c3ccccc3)c3cccc4oc5ccccc5c34)cc2C(C)(C)C1(C)C. The Bertz CT molecular complexity index is 3290. The molecule has 0 saturated heterocycles. The fourth-order valence-electron chi connectivity index (χ4n) is 10.3. The number of anilines is 3. The Hall–Kier alpha value is -6.84. The van der Waals surface area contributed by atoms with Gasteiger partial charge in [0.15, 0.2) is 0 Å². The van der Waals surface area contributed by atoms with Crippen LogP contribution in [0.5, 0.6) is 0 Å². The summed E-state index contributed by atoms with van der Waals surface area (Å²) in [6.45, 7) is 14.7. The number of fused-ring (bicyclic) bond motifs is 7. The van der Waals surface area contributed by atoms with Gasteiger partial charge in [-0.05, 0) is 123 Å². The molecule has 0 amide bonds. The minimum absolute atomic E-state index is 0.00718. The number of hydrogen-bond donors (Lipinski definition) is 0. The molecule has 0 radical (unpaired) electrons. The number of aromatic nitrogens is 1. The van der Waals surface area contributed by atoms with E-state index < -0.39 is 0 Å². The van der Waals surface area contributed by atoms with E-state index >= 15 is 0 Å². The molecule has 0 atom stereocenters. The summed E-state index contributed by atoms with van der Waals surface area (Å²) in [5.74, 6) is 0. The molecule has 0 aliphatic heterocycles. The molecule has 2 heterocycles. The van der Waals surface area contributed by atoms with Gasteiger partial charge in [-0.25, -0.2) is 0 Å². The van der Waals surface area contributed by atoms with E-state index in [0.29, 0.717) is 0 Å². The van der Waals surface area contributed by atoms with Gasteiger partial charge in [-0.2, -0.15) is 0 Å². The van der Waals surface area contributed by atoms with Crippen LogP contribution in [-0.4, -0.2) is 4.57 Å². The number of benzene rings is 8. The van der Waals surface area contributed by atoms with Crippen molar-refractivity contribution < 1.29 is 4.42 Å². The highest BCUT2D eigenvalue weighted by Gasteiger charge is 2.57. The molecule has 60 heavy (non-hydrogen) atoms. The molecular weight excluding hydrogens is 729 g/mol. The van der Waals surface area contributed by atoms with Crippen LogP contribution >= 0.6 is 0 Å². The molecule has 0 saturated carbocycles. The van der Waals surface area contributed by atoms with Crippen LogP contribution in [0.2, 0.25) is 0 Å². The van der Waals surface area contributed by atoms with Gasteiger partial charge < -0.3 is 13.9 Å². The van der Waals surface area contributed by atoms with Crippen molar-refractivity contribution >= 4 is 60.8 Å². The van der Waals surface area contributed by atoms with Gasteiger partial charge in [0.25, 0.3) is 0 Å². The third-order valence-corrected chi connectivity index (χ3v) is 14.7. The van der Waals surface area contributed by atoms with E-state index in [-0.39, 0.29) is 16.2 Å². The lowest BCUT2D eigenvalue weighted by Gasteiger charge is -2.44. The van der Waals surface area contributed by atoms with Gasteiger partial charge in [-0.1, -0.05) is 145 Å². The second-order valence-corrected chi connectivity index (χ2v) is 18.2. The first-order valence-corrected chi connectivity index (χ1v) is 21.2. The Labute approximate surface area is 352 Å². The van der Waals surface area contributed by atoms with Crippen LogP contribution < -0.4 is 4.90 Å². The molecule has 3 heteroatoms. The number of rotatable bonds is 6. The van der Waals surface area contributed by atoms with Crippen LogP contribution in [0, 0.1) is 5.41 Å². The van der Waals surface area contributed by atoms with Crippen molar-refractivity contribution in [3.05, 3.63) is 193 Å². The number of para-hydroxylation sites is 4. The topological polar surface area (TPSA) is 21.3 Å². The lowest BCUT2D eigenvalue weighted by Crippen LogP contribution is -2.42. The Morgan fingerprint density at radius 2 is 1.03 bits per heavy atom. The van der Waals surface area contributed by atoms with Crippen molar-refractivity contribution in [2.24, 2.45) is 5.41 Å². The molecule has 0 unspecified atom stereocenters. The zero-order valence-electron chi connectivity index (χ0n) is 35.1. The zero-order chi connectivity index (χ0) is 41.0. The van der Waals surface area contributed by atoms with Crippen molar-refractivity contribution in [1.29, 1.82) is 0 Å². The Balaban J connectivity index is 1.17. The molecule has 2 aromatic heterocycles. The third kappa shape index (κ3) is 5.15. The number of nitrogens with zero attached hydrogens (tertiary/aromatic N) is 2. The summed E-state index contributed by atoms with van der Waals surface area (Å²) in [7, 11) is 0. The van der Waals surface area contributed by atoms with Crippen molar-refractivity contribution in [2.45, 2.75) is 52.4 Å². The molecule has 0 spiro atoms. The summed E-state index contributed by atoms with van der Waals surface area (Å²) < 4.78 is 8.90. The first kappa shape index (κ1) is 36.3. The van der Waals surface area contributed by atoms with Gasteiger partial charge in [-0.15, -0.1) is 0 Å². The Kier molecular flexibility index (Phi) is 7.90. The van der Waals surface area contributed by atoms with Crippen molar-refractivity contribution in [2.75, 3.05) is 4.90 Å². The molecule has 11 rings (SSSR count). The zero-order valence-corrected chi connectivity index (χ0v) is 35.1. The molecular formula is C57H48N2O. The van der Waals surface area contributed by atoms with Crippen LogP contribution in [0.15, 0.2) is 186 Å². The summed E-state index contributed by atoms with van der Waals surface area (Å²) in [6.07, 6.45) is 0. The van der Waals surface area contributed by atoms with Crippen molar-refractivity contribution in [1.82, 2.24) is 4.57 Å². The summed E-state index contributed by atoms with van der Waals surface area (Å²) >= 11 is 0. The Morgan fingerprint density at radius 1 is 0.433 bits per heavy atom. The maximum Gasteiger partial charge on any atom is 0.137 e. The summed E-state index contributed by atoms with van der Waals surface area (Å²) in [5.41, 5.74) is 16.1. The minimum Gasteiger partial charge on any atom is -0.456 e. The maximum atomic E-state index is 6.51. The summed E-state index contributed by atoms with van der Waals surface area (Å²) in [4.78, 5) is 2.48. The van der Waals surface area contributed by atoms with Gasteiger partial charge in [0.05, 0.1) is 27.8 Å². The van der Waals surface area contributed by atoms with E-state index in [9.17, 15) is 0 Å². The highest BCUT2D eigenvalue weighted by atomic mass is 16.3. The average molecular weight is 777 g/mol. The fourth-order valence-corrected chi connectivity index (χ4v) is 10.3. The lowest BCUT2D eigenvalue weighted by molar-refractivity contribution is 0.125. The first-order valence-electron chi connectivity index (χ1n) is 21.2. The van der Waals surface area contributed by atoms with Crippen LogP contribution in [0.25, 0.3) is 71.7 Å². The highest BCUT2D eigenvalue weighted by molar-refractivity contribution is 6.14. The minimum atomic E-state index is -0.0913. The predicted octanol–water partition coefficient (Wildman–Crippen LogP) is 16.1. The molecule has 0 fully saturated rings. The van der Waals surface area contributed by atoms with E-state index in [1.165, 1.54) is 60.9 Å². The molecule has 1 aliphatic rings. The van der Waals surface area contributed by atoms with Crippen LogP contribution in [0.4, 0.5) is 17.1 Å². The predicted molar refractivity (Wildman–Crippen MR) is 253 cm³/mol. The van der Waals surface area contributed by atoms with Crippen LogP contribution in [-0.2, 0) is 10.8 Å². The third-order valence-electron chi connectivity index (χ3n) is 14.7. The van der Waals surface area contributed by atoms with Gasteiger partial charge >= 0.3 is 0 Å². The smallest absolute Gasteiger partial charge is 0.137 e. The van der Waals surface area contributed by atoms with Gasteiger partial charge in [0.1, 0.15) is 11.2 Å². The van der Waals surface area contributed by atoms with Crippen LogP contribution in [0.3, 0.4) is 0 Å². The monoisotopic (exact) mass is 776 g/mol. The van der Waals surface area contributed by atoms with E-state index in [1.807, 2.05) is 0 Å². The highest BCUT2D eigenvalue weighted by Crippen LogP contribution is 2.63. The van der Waals surface area contributed by atoms with Crippen LogP contribution in [0.1, 0.15) is 52.7 Å². The summed E-state index contributed by atoms with van der Waals surface area (Å²) in [5, 5.41) is 4.72. The molecule has 3 nitrogen and oxygen atoms in total. The van der Waals surface area contributed by atoms with Gasteiger partial charge in [-0.3, -0.25) is 0 Å². The normalized spacial score (nSPS) is 15.2. The largest absolute Gasteiger partial charge is 0.456 e. The van der Waals surface area contributed by atoms with Crippen molar-refractivity contribution in [3.63, 3.8) is 0 Å². The van der Waals surface area contributed by atoms with E-state index in [4.69, 9.17) is 4.42 Å². The lowest BCUT2D eigenvalue weighted by atomic mass is 9.59. The molecule has 0 bridgehead atoms. The van der Waals surface area contributed by atoms with E-state index in [0.717, 1.165) is 39.0 Å². The molecule has 0 N–H and O–H groups in total. The standard InChI is InChI=1S/C57H48N2O/c1-55(2)46-35-44(39-20-17-19-37(33-39)38-31-32-49-45(34-38)42-25-13-15-27-48(42)58(49)40-21-9-7-10-22-40)51(36-47(46)56(3,4)57(55,5)6)59(41-23-11-8-12-24-41)50-28-18-30-53-54(50)43-26-14-16-29-52(43)60-53/h7-36H,1-6H3. The van der Waals surface area contributed by atoms with Crippen molar-refractivity contribution in [3.8, 4) is 27.9 Å². The fraction of sp³-hybridized carbons (Fsp3) is 0.158. The quantitative estimate of drug-likeness (QED) is 0.168. The average Bonchev–Trinajstić information content (AvgIpc) is 3.85. The second kappa shape index (κ2) is 13.1. The molecule has 292 valence electrons. The summed E-state index contributed by atoms with van der Waals surface area (Å²) in [6, 6.07) is 66.4. The van der Waals surface area contributed by atoms with E-state index in [1.54, 1.807) is 0 Å². The van der Waals surface area contributed by atoms with E-state index in [2.05, 4.69) is 233 Å². The number of hydrogen-bond acceptors (Lipinski definition) is 2. The maximum absolute atomic E-state index is 6.51. The second-order valence-electron chi connectivity index (χ2n) is 18.2. The first-order chi connectivity index (χ1) is 29.0. The molecule has 1 aliphatic carbocycles. The molecule has 10 aromatic rings. The molecule has 8 aromatic carbocycles. The van der Waals surface area contributed by atoms with Gasteiger partial charge in [0.2, 0.25) is 0 Å². The Morgan fingerprint density at radius 3 is 1.82 bits per heavy atom. The number of furan rings is 1. The van der Waals surface area contributed by atoms with Gasteiger partial charge in [0, 0.05) is 33.1 Å².